The second-order valence-electron chi connectivity index (χ2n) is 6.90. The van der Waals surface area contributed by atoms with Crippen molar-refractivity contribution in [1.82, 2.24) is 19.7 Å². The van der Waals surface area contributed by atoms with Crippen LogP contribution in [0.2, 0.25) is 0 Å². The molecule has 1 amide bonds. The highest BCUT2D eigenvalue weighted by molar-refractivity contribution is 5.76. The Kier molecular flexibility index (Phi) is 4.99. The molecule has 0 aromatic carbocycles. The molecule has 2 unspecified atom stereocenters. The number of ether oxygens (including phenoxy) is 1. The summed E-state index contributed by atoms with van der Waals surface area (Å²) in [5.74, 6) is 0.199. The van der Waals surface area contributed by atoms with Crippen LogP contribution in [0.15, 0.2) is 12.7 Å². The Morgan fingerprint density at radius 1 is 1.39 bits per heavy atom. The minimum absolute atomic E-state index is 0.199. The molecule has 128 valence electrons. The molecular weight excluding hydrogens is 292 g/mol. The van der Waals surface area contributed by atoms with Crippen molar-refractivity contribution in [2.24, 2.45) is 5.41 Å². The zero-order chi connectivity index (χ0) is 16.3. The van der Waals surface area contributed by atoms with E-state index in [0.717, 1.165) is 13.0 Å². The highest BCUT2D eigenvalue weighted by Gasteiger charge is 2.57. The minimum atomic E-state index is 0.199. The van der Waals surface area contributed by atoms with Crippen LogP contribution in [0.25, 0.3) is 0 Å². The molecule has 6 heteroatoms. The van der Waals surface area contributed by atoms with Gasteiger partial charge in [-0.25, -0.2) is 4.98 Å². The summed E-state index contributed by atoms with van der Waals surface area (Å²) in [4.78, 5) is 18.5. The average Bonchev–Trinajstić information content (AvgIpc) is 3.10. The summed E-state index contributed by atoms with van der Waals surface area (Å²) in [6, 6.07) is 0.336. The molecule has 6 nitrogen and oxygen atoms in total. The molecule has 1 heterocycles. The van der Waals surface area contributed by atoms with Gasteiger partial charge < -0.3 is 9.64 Å². The van der Waals surface area contributed by atoms with E-state index >= 15 is 0 Å². The van der Waals surface area contributed by atoms with Gasteiger partial charge in [-0.2, -0.15) is 5.10 Å². The van der Waals surface area contributed by atoms with Crippen molar-refractivity contribution in [3.8, 4) is 0 Å². The highest BCUT2D eigenvalue weighted by Crippen LogP contribution is 2.55. The Bertz CT molecular complexity index is 511. The first-order chi connectivity index (χ1) is 11.2. The van der Waals surface area contributed by atoms with E-state index in [1.165, 1.54) is 38.4 Å². The monoisotopic (exact) mass is 320 g/mol. The maximum Gasteiger partial charge on any atom is 0.224 e. The predicted molar refractivity (Wildman–Crippen MR) is 86.7 cm³/mol. The van der Waals surface area contributed by atoms with Gasteiger partial charge in [0, 0.05) is 31.5 Å². The van der Waals surface area contributed by atoms with Crippen molar-refractivity contribution < 1.29 is 9.53 Å². The topological polar surface area (TPSA) is 60.2 Å². The Balaban J connectivity index is 1.61. The lowest BCUT2D eigenvalue weighted by atomic mass is 9.54. The Morgan fingerprint density at radius 3 is 2.83 bits per heavy atom. The van der Waals surface area contributed by atoms with Crippen molar-refractivity contribution in [3.63, 3.8) is 0 Å². The fourth-order valence-electron chi connectivity index (χ4n) is 4.48. The first kappa shape index (κ1) is 16.4. The van der Waals surface area contributed by atoms with Crippen LogP contribution >= 0.6 is 0 Å². The van der Waals surface area contributed by atoms with Crippen molar-refractivity contribution >= 4 is 5.91 Å². The molecule has 0 radical (unpaired) electrons. The van der Waals surface area contributed by atoms with Gasteiger partial charge in [0.25, 0.3) is 0 Å². The van der Waals surface area contributed by atoms with Crippen LogP contribution in [-0.4, -0.2) is 51.4 Å². The smallest absolute Gasteiger partial charge is 0.224 e. The number of carbonyl (C=O) groups is 1. The zero-order valence-electron chi connectivity index (χ0n) is 14.3. The maximum absolute atomic E-state index is 12.6. The molecule has 0 N–H and O–H groups in total. The average molecular weight is 320 g/mol. The third-order valence-corrected chi connectivity index (χ3v) is 5.78. The quantitative estimate of drug-likeness (QED) is 0.806. The molecule has 2 aliphatic carbocycles. The van der Waals surface area contributed by atoms with Crippen LogP contribution in [0.3, 0.4) is 0 Å². The van der Waals surface area contributed by atoms with Crippen LogP contribution < -0.4 is 0 Å². The largest absolute Gasteiger partial charge is 0.378 e. The molecule has 23 heavy (non-hydrogen) atoms. The van der Waals surface area contributed by atoms with E-state index in [1.807, 2.05) is 11.9 Å². The number of aromatic nitrogens is 3. The van der Waals surface area contributed by atoms with Crippen LogP contribution in [-0.2, 0) is 16.1 Å². The third kappa shape index (κ3) is 3.13. The zero-order valence-corrected chi connectivity index (χ0v) is 14.3. The van der Waals surface area contributed by atoms with Gasteiger partial charge in [0.1, 0.15) is 12.7 Å². The molecule has 2 atom stereocenters. The fraction of sp³-hybridized carbons (Fsp3) is 0.824. The summed E-state index contributed by atoms with van der Waals surface area (Å²) in [6.45, 7) is 3.43. The van der Waals surface area contributed by atoms with E-state index in [-0.39, 0.29) is 11.3 Å². The first-order valence-electron chi connectivity index (χ1n) is 8.87. The number of aryl methyl sites for hydroxylation is 1. The number of amides is 1. The summed E-state index contributed by atoms with van der Waals surface area (Å²) < 4.78 is 7.70. The lowest BCUT2D eigenvalue weighted by Gasteiger charge is -2.60. The SMILES string of the molecule is CCOC1CC(N(C)C(=O)CCn2cncn2)C12CCCCC2. The highest BCUT2D eigenvalue weighted by atomic mass is 16.5. The van der Waals surface area contributed by atoms with E-state index in [0.29, 0.717) is 25.1 Å². The summed E-state index contributed by atoms with van der Waals surface area (Å²) in [7, 11) is 1.97. The maximum atomic E-state index is 12.6. The van der Waals surface area contributed by atoms with Crippen molar-refractivity contribution in [3.05, 3.63) is 12.7 Å². The molecule has 1 aromatic rings. The Labute approximate surface area is 138 Å². The number of carbonyl (C=O) groups excluding carboxylic acids is 1. The van der Waals surface area contributed by atoms with Gasteiger partial charge >= 0.3 is 0 Å². The Morgan fingerprint density at radius 2 is 2.17 bits per heavy atom. The summed E-state index contributed by atoms with van der Waals surface area (Å²) in [5, 5.41) is 4.06. The summed E-state index contributed by atoms with van der Waals surface area (Å²) in [5.41, 5.74) is 0.200. The van der Waals surface area contributed by atoms with E-state index in [4.69, 9.17) is 4.74 Å². The van der Waals surface area contributed by atoms with Gasteiger partial charge in [-0.15, -0.1) is 0 Å². The molecule has 3 rings (SSSR count). The van der Waals surface area contributed by atoms with Crippen LogP contribution in [0, 0.1) is 5.41 Å². The van der Waals surface area contributed by atoms with Gasteiger partial charge in [-0.05, 0) is 26.2 Å². The third-order valence-electron chi connectivity index (χ3n) is 5.78. The lowest BCUT2D eigenvalue weighted by molar-refractivity contribution is -0.185. The molecule has 0 bridgehead atoms. The molecule has 2 saturated carbocycles. The van der Waals surface area contributed by atoms with Crippen LogP contribution in [0.4, 0.5) is 0 Å². The number of nitrogens with zero attached hydrogens (tertiary/aromatic N) is 4. The van der Waals surface area contributed by atoms with E-state index in [1.54, 1.807) is 11.0 Å². The standard InChI is InChI=1S/C17H28N4O2/c1-3-23-15-11-14(17(15)8-5-4-6-9-17)20(2)16(22)7-10-21-13-18-12-19-21/h12-15H,3-11H2,1-2H3. The number of hydrogen-bond donors (Lipinski definition) is 0. The number of rotatable bonds is 6. The van der Waals surface area contributed by atoms with E-state index < -0.39 is 0 Å². The van der Waals surface area contributed by atoms with Gasteiger partial charge in [0.05, 0.1) is 12.6 Å². The van der Waals surface area contributed by atoms with E-state index in [9.17, 15) is 4.79 Å². The molecule has 0 aliphatic heterocycles. The van der Waals surface area contributed by atoms with Gasteiger partial charge in [0.2, 0.25) is 5.91 Å². The Hall–Kier alpha value is -1.43. The fourth-order valence-corrected chi connectivity index (χ4v) is 4.48. The molecule has 2 fully saturated rings. The van der Waals surface area contributed by atoms with E-state index in [2.05, 4.69) is 17.0 Å². The summed E-state index contributed by atoms with van der Waals surface area (Å²) in [6.07, 6.45) is 11.2. The molecule has 0 saturated heterocycles. The number of hydrogen-bond acceptors (Lipinski definition) is 4. The van der Waals surface area contributed by atoms with Gasteiger partial charge in [-0.3, -0.25) is 9.48 Å². The molecule has 2 aliphatic rings. The molecular formula is C17H28N4O2. The van der Waals surface area contributed by atoms with Crippen molar-refractivity contribution in [1.29, 1.82) is 0 Å². The summed E-state index contributed by atoms with van der Waals surface area (Å²) >= 11 is 0. The van der Waals surface area contributed by atoms with Crippen molar-refractivity contribution in [2.75, 3.05) is 13.7 Å². The van der Waals surface area contributed by atoms with Gasteiger partial charge in [0.15, 0.2) is 0 Å². The van der Waals surface area contributed by atoms with Gasteiger partial charge in [-0.1, -0.05) is 19.3 Å². The lowest BCUT2D eigenvalue weighted by Crippen LogP contribution is -2.65. The second-order valence-corrected chi connectivity index (χ2v) is 6.90. The van der Waals surface area contributed by atoms with Crippen molar-refractivity contribution in [2.45, 2.75) is 70.6 Å². The second kappa shape index (κ2) is 6.99. The van der Waals surface area contributed by atoms with Crippen LogP contribution in [0.5, 0.6) is 0 Å². The first-order valence-corrected chi connectivity index (χ1v) is 8.87. The normalized spacial score (nSPS) is 26.0. The predicted octanol–water partition coefficient (Wildman–Crippen LogP) is 2.25. The molecule has 1 aromatic heterocycles. The van der Waals surface area contributed by atoms with Crippen LogP contribution in [0.1, 0.15) is 51.9 Å². The minimum Gasteiger partial charge on any atom is -0.378 e. The molecule has 1 spiro atoms.